The molecule has 1 rings (SSSR count). The molecule has 0 N–H and O–H groups in total. The lowest BCUT2D eigenvalue weighted by molar-refractivity contribution is 0.666. The van der Waals surface area contributed by atoms with Gasteiger partial charge < -0.3 is 0 Å². The van der Waals surface area contributed by atoms with Crippen LogP contribution in [-0.2, 0) is 6.42 Å². The molecular formula is C11H16ClN. The third-order valence-electron chi connectivity index (χ3n) is 2.14. The topological polar surface area (TPSA) is 12.9 Å². The first-order valence-electron chi connectivity index (χ1n) is 4.94. The summed E-state index contributed by atoms with van der Waals surface area (Å²) in [5.41, 5.74) is 1.18. The van der Waals surface area contributed by atoms with Crippen LogP contribution in [0.3, 0.4) is 0 Å². The zero-order valence-corrected chi connectivity index (χ0v) is 8.85. The lowest BCUT2D eigenvalue weighted by Gasteiger charge is -2.01. The van der Waals surface area contributed by atoms with Crippen LogP contribution in [0.1, 0.15) is 38.2 Å². The number of hydrogen-bond donors (Lipinski definition) is 0. The van der Waals surface area contributed by atoms with Crippen LogP contribution in [0.15, 0.2) is 18.3 Å². The Bertz CT molecular complexity index is 248. The Morgan fingerprint density at radius 1 is 1.31 bits per heavy atom. The van der Waals surface area contributed by atoms with Crippen molar-refractivity contribution in [2.24, 2.45) is 0 Å². The second-order valence-corrected chi connectivity index (χ2v) is 3.62. The lowest BCUT2D eigenvalue weighted by atomic mass is 10.1. The fourth-order valence-electron chi connectivity index (χ4n) is 1.35. The third-order valence-corrected chi connectivity index (χ3v) is 2.48. The lowest BCUT2D eigenvalue weighted by Crippen LogP contribution is -1.88. The summed E-state index contributed by atoms with van der Waals surface area (Å²) in [6, 6.07) is 4.00. The minimum Gasteiger partial charge on any atom is -0.244 e. The molecule has 0 aliphatic carbocycles. The van der Waals surface area contributed by atoms with Crippen molar-refractivity contribution in [1.82, 2.24) is 4.98 Å². The van der Waals surface area contributed by atoms with Crippen LogP contribution in [0.5, 0.6) is 0 Å². The minimum atomic E-state index is 0.666. The largest absolute Gasteiger partial charge is 0.244 e. The highest BCUT2D eigenvalue weighted by Crippen LogP contribution is 2.14. The number of pyridine rings is 1. The van der Waals surface area contributed by atoms with Gasteiger partial charge in [-0.3, -0.25) is 0 Å². The van der Waals surface area contributed by atoms with Crippen molar-refractivity contribution in [2.75, 3.05) is 0 Å². The van der Waals surface area contributed by atoms with Crippen molar-refractivity contribution in [3.05, 3.63) is 29.0 Å². The van der Waals surface area contributed by atoms with E-state index in [4.69, 9.17) is 11.6 Å². The molecule has 0 amide bonds. The predicted octanol–water partition coefficient (Wildman–Crippen LogP) is 3.86. The van der Waals surface area contributed by atoms with Crippen LogP contribution in [0, 0.1) is 0 Å². The molecule has 2 heteroatoms. The number of rotatable bonds is 5. The van der Waals surface area contributed by atoms with Gasteiger partial charge in [0.05, 0.1) is 0 Å². The molecule has 0 aliphatic heterocycles. The summed E-state index contributed by atoms with van der Waals surface area (Å²) in [6.07, 6.45) is 7.91. The number of unbranched alkanes of at least 4 members (excludes halogenated alkanes) is 3. The Kier molecular flexibility index (Phi) is 4.84. The van der Waals surface area contributed by atoms with Gasteiger partial charge in [-0.05, 0) is 24.5 Å². The van der Waals surface area contributed by atoms with Gasteiger partial charge in [0, 0.05) is 6.20 Å². The molecule has 1 nitrogen and oxygen atoms in total. The first kappa shape index (κ1) is 10.5. The second kappa shape index (κ2) is 5.98. The Morgan fingerprint density at radius 3 is 2.85 bits per heavy atom. The summed E-state index contributed by atoms with van der Waals surface area (Å²) in [4.78, 5) is 4.04. The monoisotopic (exact) mass is 197 g/mol. The van der Waals surface area contributed by atoms with Crippen LogP contribution in [-0.4, -0.2) is 4.98 Å². The van der Waals surface area contributed by atoms with Gasteiger partial charge in [0.2, 0.25) is 0 Å². The van der Waals surface area contributed by atoms with Crippen molar-refractivity contribution < 1.29 is 0 Å². The van der Waals surface area contributed by atoms with Crippen molar-refractivity contribution in [3.63, 3.8) is 0 Å². The molecule has 72 valence electrons. The van der Waals surface area contributed by atoms with Crippen molar-refractivity contribution in [1.29, 1.82) is 0 Å². The zero-order chi connectivity index (χ0) is 9.52. The number of hydrogen-bond acceptors (Lipinski definition) is 1. The summed E-state index contributed by atoms with van der Waals surface area (Å²) < 4.78 is 0. The smallest absolute Gasteiger partial charge is 0.132 e. The standard InChI is InChI=1S/C11H16ClN/c1-2-3-4-5-7-10-8-6-9-13-11(10)12/h6,8-9H,2-5,7H2,1H3. The quantitative estimate of drug-likeness (QED) is 0.516. The van der Waals surface area contributed by atoms with E-state index in [1.807, 2.05) is 6.07 Å². The van der Waals surface area contributed by atoms with E-state index in [1.165, 1.54) is 31.2 Å². The van der Waals surface area contributed by atoms with Gasteiger partial charge in [-0.2, -0.15) is 0 Å². The number of nitrogens with zero attached hydrogens (tertiary/aromatic N) is 1. The third kappa shape index (κ3) is 3.77. The summed E-state index contributed by atoms with van der Waals surface area (Å²) in [5.74, 6) is 0. The van der Waals surface area contributed by atoms with Gasteiger partial charge in [-0.1, -0.05) is 43.9 Å². The highest BCUT2D eigenvalue weighted by Gasteiger charge is 1.98. The number of halogens is 1. The number of aromatic nitrogens is 1. The molecule has 13 heavy (non-hydrogen) atoms. The SMILES string of the molecule is CCCCCCc1cccnc1Cl. The molecule has 0 bridgehead atoms. The van der Waals surface area contributed by atoms with E-state index < -0.39 is 0 Å². The van der Waals surface area contributed by atoms with Gasteiger partial charge in [0.25, 0.3) is 0 Å². The average Bonchev–Trinajstić information content (AvgIpc) is 2.15. The summed E-state index contributed by atoms with van der Waals surface area (Å²) >= 11 is 5.93. The van der Waals surface area contributed by atoms with E-state index in [1.54, 1.807) is 6.20 Å². The Morgan fingerprint density at radius 2 is 2.15 bits per heavy atom. The summed E-state index contributed by atoms with van der Waals surface area (Å²) in [5, 5.41) is 0.666. The van der Waals surface area contributed by atoms with Gasteiger partial charge in [0.1, 0.15) is 5.15 Å². The molecule has 1 aromatic rings. The Hall–Kier alpha value is -0.560. The van der Waals surface area contributed by atoms with Gasteiger partial charge in [-0.25, -0.2) is 4.98 Å². The highest BCUT2D eigenvalue weighted by atomic mass is 35.5. The summed E-state index contributed by atoms with van der Waals surface area (Å²) in [7, 11) is 0. The van der Waals surface area contributed by atoms with Gasteiger partial charge in [-0.15, -0.1) is 0 Å². The molecule has 0 aliphatic rings. The van der Waals surface area contributed by atoms with Crippen molar-refractivity contribution in [3.8, 4) is 0 Å². The molecule has 0 radical (unpaired) electrons. The Balaban J connectivity index is 2.32. The first-order chi connectivity index (χ1) is 6.34. The average molecular weight is 198 g/mol. The van der Waals surface area contributed by atoms with E-state index in [0.717, 1.165) is 6.42 Å². The highest BCUT2D eigenvalue weighted by molar-refractivity contribution is 6.30. The van der Waals surface area contributed by atoms with Gasteiger partial charge >= 0.3 is 0 Å². The van der Waals surface area contributed by atoms with Crippen LogP contribution >= 0.6 is 11.6 Å². The van der Waals surface area contributed by atoms with Crippen LogP contribution < -0.4 is 0 Å². The van der Waals surface area contributed by atoms with E-state index in [2.05, 4.69) is 18.0 Å². The normalized spacial score (nSPS) is 10.3. The molecule has 1 aromatic heterocycles. The second-order valence-electron chi connectivity index (χ2n) is 3.26. The van der Waals surface area contributed by atoms with E-state index in [9.17, 15) is 0 Å². The van der Waals surface area contributed by atoms with Crippen molar-refractivity contribution >= 4 is 11.6 Å². The fourth-order valence-corrected chi connectivity index (χ4v) is 1.56. The maximum Gasteiger partial charge on any atom is 0.132 e. The summed E-state index contributed by atoms with van der Waals surface area (Å²) in [6.45, 7) is 2.22. The van der Waals surface area contributed by atoms with Gasteiger partial charge in [0.15, 0.2) is 0 Å². The molecule has 0 spiro atoms. The maximum absolute atomic E-state index is 5.93. The molecule has 0 unspecified atom stereocenters. The molecule has 0 saturated heterocycles. The van der Waals surface area contributed by atoms with E-state index >= 15 is 0 Å². The molecular weight excluding hydrogens is 182 g/mol. The number of aryl methyl sites for hydroxylation is 1. The zero-order valence-electron chi connectivity index (χ0n) is 8.09. The van der Waals surface area contributed by atoms with Crippen LogP contribution in [0.4, 0.5) is 0 Å². The molecule has 0 saturated carbocycles. The molecule has 0 fully saturated rings. The maximum atomic E-state index is 5.93. The first-order valence-corrected chi connectivity index (χ1v) is 5.31. The fraction of sp³-hybridized carbons (Fsp3) is 0.545. The Labute approximate surface area is 85.1 Å². The van der Waals surface area contributed by atoms with E-state index in [-0.39, 0.29) is 0 Å². The minimum absolute atomic E-state index is 0.666. The van der Waals surface area contributed by atoms with Crippen molar-refractivity contribution in [2.45, 2.75) is 39.0 Å². The van der Waals surface area contributed by atoms with Crippen LogP contribution in [0.2, 0.25) is 5.15 Å². The van der Waals surface area contributed by atoms with Crippen LogP contribution in [0.25, 0.3) is 0 Å². The predicted molar refractivity (Wildman–Crippen MR) is 57.1 cm³/mol. The molecule has 0 atom stereocenters. The molecule has 1 heterocycles. The molecule has 0 aromatic carbocycles. The van der Waals surface area contributed by atoms with E-state index in [0.29, 0.717) is 5.15 Å².